The number of phenols is 1. The highest BCUT2D eigenvalue weighted by atomic mass is 32.2. The minimum atomic E-state index is -0.435. The van der Waals surface area contributed by atoms with Gasteiger partial charge in [0.25, 0.3) is 11.1 Å². The number of anilines is 1. The van der Waals surface area contributed by atoms with Crippen LogP contribution in [0.15, 0.2) is 47.4 Å². The maximum Gasteiger partial charge on any atom is 0.298 e. The van der Waals surface area contributed by atoms with E-state index in [1.165, 1.54) is 26.4 Å². The maximum atomic E-state index is 12.6. The minimum absolute atomic E-state index is 0.0135. The molecule has 2 aromatic carbocycles. The van der Waals surface area contributed by atoms with Crippen molar-refractivity contribution in [2.75, 3.05) is 19.1 Å². The van der Waals surface area contributed by atoms with Gasteiger partial charge in [0.2, 0.25) is 0 Å². The summed E-state index contributed by atoms with van der Waals surface area (Å²) >= 11 is 0.846. The monoisotopic (exact) mass is 357 g/mol. The summed E-state index contributed by atoms with van der Waals surface area (Å²) in [5, 5.41) is 9.14. The van der Waals surface area contributed by atoms with E-state index in [4.69, 9.17) is 9.47 Å². The minimum Gasteiger partial charge on any atom is -0.508 e. The topological polar surface area (TPSA) is 76.1 Å². The number of thioether (sulfide) groups is 1. The highest BCUT2D eigenvalue weighted by molar-refractivity contribution is 8.19. The van der Waals surface area contributed by atoms with Gasteiger partial charge in [-0.15, -0.1) is 0 Å². The van der Waals surface area contributed by atoms with Crippen molar-refractivity contribution in [2.24, 2.45) is 0 Å². The number of rotatable bonds is 4. The molecule has 0 saturated carbocycles. The van der Waals surface area contributed by atoms with Crippen LogP contribution in [-0.2, 0) is 4.79 Å². The number of amides is 2. The lowest BCUT2D eigenvalue weighted by Gasteiger charge is -2.12. The Bertz CT molecular complexity index is 878. The van der Waals surface area contributed by atoms with E-state index in [0.29, 0.717) is 27.7 Å². The van der Waals surface area contributed by atoms with E-state index < -0.39 is 11.1 Å². The summed E-state index contributed by atoms with van der Waals surface area (Å²) in [5.41, 5.74) is 1.04. The molecule has 1 saturated heterocycles. The number of imide groups is 1. The average Bonchev–Trinajstić information content (AvgIpc) is 2.88. The van der Waals surface area contributed by atoms with Crippen LogP contribution in [0.1, 0.15) is 5.56 Å². The molecule has 25 heavy (non-hydrogen) atoms. The van der Waals surface area contributed by atoms with Gasteiger partial charge in [0, 0.05) is 6.07 Å². The van der Waals surface area contributed by atoms with E-state index in [1.54, 1.807) is 36.4 Å². The molecule has 1 fully saturated rings. The highest BCUT2D eigenvalue weighted by Crippen LogP contribution is 2.37. The second-order valence-electron chi connectivity index (χ2n) is 5.15. The summed E-state index contributed by atoms with van der Waals surface area (Å²) in [4.78, 5) is 26.1. The van der Waals surface area contributed by atoms with Crippen molar-refractivity contribution < 1.29 is 24.2 Å². The number of methoxy groups -OCH3 is 2. The van der Waals surface area contributed by atoms with E-state index in [9.17, 15) is 14.7 Å². The first-order chi connectivity index (χ1) is 12.0. The quantitative estimate of drug-likeness (QED) is 0.842. The summed E-state index contributed by atoms with van der Waals surface area (Å²) in [7, 11) is 3.07. The Labute approximate surface area is 148 Å². The standard InChI is InChI=1S/C18H15NO5S/c1-23-14-7-6-11(8-15(14)24-2)9-16-17(21)19(18(22)25-16)12-4-3-5-13(20)10-12/h3-10,20H,1-2H3/b16-9-. The molecule has 1 aliphatic rings. The van der Waals surface area contributed by atoms with E-state index in [1.807, 2.05) is 0 Å². The van der Waals surface area contributed by atoms with Crippen molar-refractivity contribution in [1.82, 2.24) is 0 Å². The molecule has 6 nitrogen and oxygen atoms in total. The molecule has 128 valence electrons. The fourth-order valence-electron chi connectivity index (χ4n) is 2.42. The van der Waals surface area contributed by atoms with Crippen molar-refractivity contribution in [3.8, 4) is 17.2 Å². The molecular formula is C18H15NO5S. The molecule has 1 aliphatic heterocycles. The van der Waals surface area contributed by atoms with E-state index >= 15 is 0 Å². The van der Waals surface area contributed by atoms with Crippen LogP contribution in [0.3, 0.4) is 0 Å². The number of benzene rings is 2. The second kappa shape index (κ2) is 6.90. The summed E-state index contributed by atoms with van der Waals surface area (Å²) in [6, 6.07) is 11.2. The van der Waals surface area contributed by atoms with Gasteiger partial charge in [-0.3, -0.25) is 9.59 Å². The van der Waals surface area contributed by atoms with E-state index in [-0.39, 0.29) is 5.75 Å². The van der Waals surface area contributed by atoms with Crippen molar-refractivity contribution in [1.29, 1.82) is 0 Å². The van der Waals surface area contributed by atoms with E-state index in [2.05, 4.69) is 0 Å². The molecule has 1 N–H and O–H groups in total. The summed E-state index contributed by atoms with van der Waals surface area (Å²) in [6.07, 6.45) is 1.62. The Morgan fingerprint density at radius 3 is 2.48 bits per heavy atom. The van der Waals surface area contributed by atoms with Gasteiger partial charge in [0.05, 0.1) is 24.8 Å². The second-order valence-corrected chi connectivity index (χ2v) is 6.14. The fourth-order valence-corrected chi connectivity index (χ4v) is 3.26. The number of phenolic OH excluding ortho intramolecular Hbond substituents is 1. The van der Waals surface area contributed by atoms with Gasteiger partial charge in [-0.25, -0.2) is 4.90 Å². The molecule has 0 bridgehead atoms. The first-order valence-electron chi connectivity index (χ1n) is 7.32. The van der Waals surface area contributed by atoms with Crippen molar-refractivity contribution in [3.63, 3.8) is 0 Å². The van der Waals surface area contributed by atoms with Gasteiger partial charge in [-0.2, -0.15) is 0 Å². The number of nitrogens with zero attached hydrogens (tertiary/aromatic N) is 1. The summed E-state index contributed by atoms with van der Waals surface area (Å²) < 4.78 is 10.4. The number of carbonyl (C=O) groups excluding carboxylic acids is 2. The van der Waals surface area contributed by atoms with Gasteiger partial charge < -0.3 is 14.6 Å². The van der Waals surface area contributed by atoms with Crippen LogP contribution in [0.2, 0.25) is 0 Å². The smallest absolute Gasteiger partial charge is 0.298 e. The average molecular weight is 357 g/mol. The van der Waals surface area contributed by atoms with Crippen LogP contribution in [0, 0.1) is 0 Å². The summed E-state index contributed by atoms with van der Waals surface area (Å²) in [6.45, 7) is 0. The highest BCUT2D eigenvalue weighted by Gasteiger charge is 2.36. The number of aromatic hydroxyl groups is 1. The Kier molecular flexibility index (Phi) is 4.67. The van der Waals surface area contributed by atoms with Crippen LogP contribution in [0.4, 0.5) is 10.5 Å². The molecule has 0 atom stereocenters. The van der Waals surface area contributed by atoms with Crippen LogP contribution in [0.25, 0.3) is 6.08 Å². The molecule has 0 aliphatic carbocycles. The maximum absolute atomic E-state index is 12.6. The van der Waals surface area contributed by atoms with Crippen LogP contribution in [-0.4, -0.2) is 30.5 Å². The third-order valence-corrected chi connectivity index (χ3v) is 4.46. The zero-order valence-electron chi connectivity index (χ0n) is 13.6. The molecule has 0 spiro atoms. The lowest BCUT2D eigenvalue weighted by atomic mass is 10.2. The molecule has 0 radical (unpaired) electrons. The Balaban J connectivity index is 1.93. The van der Waals surface area contributed by atoms with Gasteiger partial charge >= 0.3 is 0 Å². The predicted molar refractivity (Wildman–Crippen MR) is 96.1 cm³/mol. The zero-order chi connectivity index (χ0) is 18.0. The van der Waals surface area contributed by atoms with Gasteiger partial charge in [-0.1, -0.05) is 12.1 Å². The van der Waals surface area contributed by atoms with Crippen LogP contribution in [0.5, 0.6) is 17.2 Å². The summed E-state index contributed by atoms with van der Waals surface area (Å²) in [5.74, 6) is 0.659. The Morgan fingerprint density at radius 1 is 1.04 bits per heavy atom. The van der Waals surface area contributed by atoms with Gasteiger partial charge in [0.1, 0.15) is 5.75 Å². The van der Waals surface area contributed by atoms with Crippen molar-refractivity contribution >= 4 is 34.7 Å². The Morgan fingerprint density at radius 2 is 1.80 bits per heavy atom. The molecule has 2 amide bonds. The largest absolute Gasteiger partial charge is 0.508 e. The van der Waals surface area contributed by atoms with Crippen molar-refractivity contribution in [3.05, 3.63) is 52.9 Å². The molecule has 7 heteroatoms. The SMILES string of the molecule is COc1ccc(/C=C2\SC(=O)N(c3cccc(O)c3)C2=O)cc1OC. The molecule has 2 aromatic rings. The van der Waals surface area contributed by atoms with E-state index in [0.717, 1.165) is 16.7 Å². The third-order valence-electron chi connectivity index (χ3n) is 3.59. The number of hydrogen-bond donors (Lipinski definition) is 1. The molecular weight excluding hydrogens is 342 g/mol. The van der Waals surface area contributed by atoms with Crippen LogP contribution >= 0.6 is 11.8 Å². The van der Waals surface area contributed by atoms with Gasteiger partial charge in [0.15, 0.2) is 11.5 Å². The lowest BCUT2D eigenvalue weighted by Crippen LogP contribution is -2.27. The molecule has 1 heterocycles. The Hall–Kier alpha value is -2.93. The number of hydrogen-bond acceptors (Lipinski definition) is 6. The van der Waals surface area contributed by atoms with Crippen LogP contribution < -0.4 is 14.4 Å². The normalized spacial score (nSPS) is 15.8. The first-order valence-corrected chi connectivity index (χ1v) is 8.14. The first kappa shape index (κ1) is 16.9. The third kappa shape index (κ3) is 3.32. The molecule has 0 unspecified atom stereocenters. The molecule has 3 rings (SSSR count). The lowest BCUT2D eigenvalue weighted by molar-refractivity contribution is -0.113. The molecule has 0 aromatic heterocycles. The van der Waals surface area contributed by atoms with Crippen molar-refractivity contribution in [2.45, 2.75) is 0 Å². The zero-order valence-corrected chi connectivity index (χ0v) is 14.4. The predicted octanol–water partition coefficient (Wildman–Crippen LogP) is 3.65. The fraction of sp³-hybridized carbons (Fsp3) is 0.111. The number of ether oxygens (including phenoxy) is 2. The number of carbonyl (C=O) groups is 2. The van der Waals surface area contributed by atoms with Gasteiger partial charge in [-0.05, 0) is 47.7 Å².